The van der Waals surface area contributed by atoms with Crippen LogP contribution in [0, 0.1) is 0 Å². The summed E-state index contributed by atoms with van der Waals surface area (Å²) < 4.78 is 0. The third-order valence-electron chi connectivity index (χ3n) is 3.39. The van der Waals surface area contributed by atoms with Gasteiger partial charge in [-0.2, -0.15) is 17.7 Å². The van der Waals surface area contributed by atoms with Gasteiger partial charge in [0.15, 0.2) is 0 Å². The first-order valence-corrected chi connectivity index (χ1v) is 8.03. The maximum atomic E-state index is 12.4. The normalized spacial score (nSPS) is 12.8. The van der Waals surface area contributed by atoms with E-state index in [4.69, 9.17) is 5.73 Å². The molecule has 9 nitrogen and oxygen atoms in total. The lowest BCUT2D eigenvalue weighted by atomic mass is 10.1. The molecule has 0 radical (unpaired) electrons. The van der Waals surface area contributed by atoms with Gasteiger partial charge < -0.3 is 16.4 Å². The van der Waals surface area contributed by atoms with Crippen LogP contribution < -0.4 is 16.4 Å². The van der Waals surface area contributed by atoms with E-state index in [9.17, 15) is 14.4 Å². The molecule has 2 heterocycles. The maximum absolute atomic E-state index is 12.4. The molecule has 0 spiro atoms. The average Bonchev–Trinajstić information content (AvgIpc) is 3.14. The van der Waals surface area contributed by atoms with Crippen molar-refractivity contribution in [3.63, 3.8) is 0 Å². The van der Waals surface area contributed by atoms with Crippen LogP contribution in [0.5, 0.6) is 0 Å². The first-order valence-electron chi connectivity index (χ1n) is 7.40. The number of rotatable bonds is 8. The molecule has 10 heteroatoms. The highest BCUT2D eigenvalue weighted by atomic mass is 32.1. The molecule has 0 saturated carbocycles. The van der Waals surface area contributed by atoms with Crippen molar-refractivity contribution in [1.29, 1.82) is 0 Å². The molecule has 2 rings (SSSR count). The number of nitrogens with zero attached hydrogens (tertiary/aromatic N) is 2. The molecular formula is C15H18N6O3S. The first kappa shape index (κ1) is 18.5. The van der Waals surface area contributed by atoms with Gasteiger partial charge in [0.2, 0.25) is 11.8 Å². The van der Waals surface area contributed by atoms with Crippen molar-refractivity contribution >= 4 is 30.4 Å². The zero-order valence-electron chi connectivity index (χ0n) is 13.2. The van der Waals surface area contributed by atoms with Crippen LogP contribution in [0.15, 0.2) is 36.9 Å². The van der Waals surface area contributed by atoms with E-state index in [0.29, 0.717) is 0 Å². The number of aromatic amines is 1. The van der Waals surface area contributed by atoms with Crippen molar-refractivity contribution < 1.29 is 14.4 Å². The molecule has 0 unspecified atom stereocenters. The highest BCUT2D eigenvalue weighted by molar-refractivity contribution is 7.80. The van der Waals surface area contributed by atoms with Crippen LogP contribution in [0.4, 0.5) is 0 Å². The minimum Gasteiger partial charge on any atom is -0.368 e. The Hall–Kier alpha value is -2.88. The third-order valence-corrected chi connectivity index (χ3v) is 3.75. The number of nitrogens with one attached hydrogen (secondary N) is 3. The van der Waals surface area contributed by atoms with Crippen molar-refractivity contribution in [3.05, 3.63) is 48.0 Å². The fourth-order valence-electron chi connectivity index (χ4n) is 2.06. The highest BCUT2D eigenvalue weighted by Gasteiger charge is 2.25. The van der Waals surface area contributed by atoms with Crippen molar-refractivity contribution in [2.75, 3.05) is 5.75 Å². The lowest BCUT2D eigenvalue weighted by Crippen LogP contribution is -2.54. The van der Waals surface area contributed by atoms with Gasteiger partial charge in [0.05, 0.1) is 11.8 Å². The van der Waals surface area contributed by atoms with Gasteiger partial charge in [-0.25, -0.2) is 0 Å². The van der Waals surface area contributed by atoms with Gasteiger partial charge in [-0.1, -0.05) is 6.07 Å². The summed E-state index contributed by atoms with van der Waals surface area (Å²) in [5.41, 5.74) is 6.39. The summed E-state index contributed by atoms with van der Waals surface area (Å²) in [6.07, 6.45) is 6.11. The predicted molar refractivity (Wildman–Crippen MR) is 92.8 cm³/mol. The molecule has 0 aliphatic heterocycles. The SMILES string of the molecule is NC(=O)[C@H](Cc1cccnc1)NC(=O)[C@H](CS)NC(=O)c1cn[nH]c1. The Labute approximate surface area is 149 Å². The summed E-state index contributed by atoms with van der Waals surface area (Å²) >= 11 is 4.08. The standard InChI is InChI=1S/C15H18N6O3S/c16-13(22)11(4-9-2-1-3-17-5-9)20-15(24)12(8-25)21-14(23)10-6-18-19-7-10/h1-3,5-7,11-12,25H,4,8H2,(H2,16,22)(H,18,19)(H,20,24)(H,21,23)/t11-,12-/m0/s1. The lowest BCUT2D eigenvalue weighted by Gasteiger charge is -2.20. The van der Waals surface area contributed by atoms with Crippen LogP contribution in [0.25, 0.3) is 0 Å². The van der Waals surface area contributed by atoms with Gasteiger partial charge >= 0.3 is 0 Å². The van der Waals surface area contributed by atoms with Crippen molar-refractivity contribution in [2.24, 2.45) is 5.73 Å². The zero-order valence-corrected chi connectivity index (χ0v) is 14.1. The summed E-state index contributed by atoms with van der Waals surface area (Å²) in [6.45, 7) is 0. The molecule has 25 heavy (non-hydrogen) atoms. The number of H-pyrrole nitrogens is 1. The van der Waals surface area contributed by atoms with Gasteiger partial charge in [-0.05, 0) is 11.6 Å². The molecule has 0 saturated heterocycles. The van der Waals surface area contributed by atoms with Gasteiger partial charge in [-0.3, -0.25) is 24.5 Å². The Morgan fingerprint density at radius 2 is 2.04 bits per heavy atom. The van der Waals surface area contributed by atoms with Gasteiger partial charge in [0.1, 0.15) is 12.1 Å². The molecule has 2 aromatic heterocycles. The Balaban J connectivity index is 2.00. The minimum atomic E-state index is -0.929. The minimum absolute atomic E-state index is 0.0494. The maximum Gasteiger partial charge on any atom is 0.255 e. The van der Waals surface area contributed by atoms with E-state index < -0.39 is 29.8 Å². The Kier molecular flexibility index (Phi) is 6.52. The fourth-order valence-corrected chi connectivity index (χ4v) is 2.32. The highest BCUT2D eigenvalue weighted by Crippen LogP contribution is 2.03. The van der Waals surface area contributed by atoms with Gasteiger partial charge in [0.25, 0.3) is 5.91 Å². The molecule has 5 N–H and O–H groups in total. The number of primary amides is 1. The molecule has 0 aliphatic rings. The summed E-state index contributed by atoms with van der Waals surface area (Å²) in [5.74, 6) is -1.67. The number of amides is 3. The number of carbonyl (C=O) groups excluding carboxylic acids is 3. The largest absolute Gasteiger partial charge is 0.368 e. The Morgan fingerprint density at radius 3 is 2.60 bits per heavy atom. The second-order valence-electron chi connectivity index (χ2n) is 5.22. The predicted octanol–water partition coefficient (Wildman–Crippen LogP) is -0.954. The number of nitrogens with two attached hydrogens (primary N) is 1. The van der Waals surface area contributed by atoms with E-state index in [2.05, 4.69) is 38.4 Å². The molecule has 0 aliphatic carbocycles. The average molecular weight is 362 g/mol. The second-order valence-corrected chi connectivity index (χ2v) is 5.59. The first-order chi connectivity index (χ1) is 12.0. The van der Waals surface area contributed by atoms with Crippen molar-refractivity contribution in [3.8, 4) is 0 Å². The van der Waals surface area contributed by atoms with Crippen LogP contribution in [-0.2, 0) is 16.0 Å². The van der Waals surface area contributed by atoms with E-state index in [0.717, 1.165) is 5.56 Å². The Bertz CT molecular complexity index is 722. The second kappa shape index (κ2) is 8.83. The molecule has 0 aromatic carbocycles. The van der Waals surface area contributed by atoms with Crippen molar-refractivity contribution in [2.45, 2.75) is 18.5 Å². The lowest BCUT2D eigenvalue weighted by molar-refractivity contribution is -0.128. The molecule has 3 amide bonds. The number of hydrogen-bond acceptors (Lipinski definition) is 6. The summed E-state index contributed by atoms with van der Waals surface area (Å²) in [4.78, 5) is 39.9. The summed E-state index contributed by atoms with van der Waals surface area (Å²) in [7, 11) is 0. The zero-order chi connectivity index (χ0) is 18.2. The van der Waals surface area contributed by atoms with E-state index in [-0.39, 0.29) is 17.7 Å². The Morgan fingerprint density at radius 1 is 1.24 bits per heavy atom. The smallest absolute Gasteiger partial charge is 0.255 e. The quantitative estimate of drug-likeness (QED) is 0.385. The van der Waals surface area contributed by atoms with Crippen LogP contribution in [0.1, 0.15) is 15.9 Å². The van der Waals surface area contributed by atoms with E-state index in [1.165, 1.54) is 12.4 Å². The molecule has 0 fully saturated rings. The molecule has 2 aromatic rings. The number of aromatic nitrogens is 3. The van der Waals surface area contributed by atoms with E-state index in [1.807, 2.05) is 0 Å². The molecule has 0 bridgehead atoms. The van der Waals surface area contributed by atoms with Gasteiger partial charge in [-0.15, -0.1) is 0 Å². The topological polar surface area (TPSA) is 143 Å². The number of hydrogen-bond donors (Lipinski definition) is 5. The summed E-state index contributed by atoms with van der Waals surface area (Å²) in [6, 6.07) is 1.63. The molecular weight excluding hydrogens is 344 g/mol. The number of thiol groups is 1. The number of pyridine rings is 1. The summed E-state index contributed by atoms with van der Waals surface area (Å²) in [5, 5.41) is 11.2. The van der Waals surface area contributed by atoms with Crippen LogP contribution >= 0.6 is 12.6 Å². The number of carbonyl (C=O) groups is 3. The van der Waals surface area contributed by atoms with Crippen LogP contribution in [0.2, 0.25) is 0 Å². The molecule has 132 valence electrons. The van der Waals surface area contributed by atoms with Crippen molar-refractivity contribution in [1.82, 2.24) is 25.8 Å². The van der Waals surface area contributed by atoms with Gasteiger partial charge in [0, 0.05) is 30.8 Å². The third kappa shape index (κ3) is 5.31. The van der Waals surface area contributed by atoms with Crippen LogP contribution in [0.3, 0.4) is 0 Å². The van der Waals surface area contributed by atoms with Crippen LogP contribution in [-0.4, -0.2) is 50.7 Å². The monoisotopic (exact) mass is 362 g/mol. The molecule has 2 atom stereocenters. The fraction of sp³-hybridized carbons (Fsp3) is 0.267. The van der Waals surface area contributed by atoms with E-state index in [1.54, 1.807) is 24.5 Å². The van der Waals surface area contributed by atoms with E-state index >= 15 is 0 Å².